The number of piperidine rings is 1. The maximum atomic E-state index is 12.6. The van der Waals surface area contributed by atoms with Crippen molar-refractivity contribution in [3.63, 3.8) is 0 Å². The quantitative estimate of drug-likeness (QED) is 0.867. The number of nitrogens with one attached hydrogen (secondary N) is 2. The molecule has 0 radical (unpaired) electrons. The van der Waals surface area contributed by atoms with Crippen LogP contribution in [0.5, 0.6) is 5.75 Å². The molecule has 0 aromatic heterocycles. The number of carbonyl (C=O) groups excluding carboxylic acids is 1. The van der Waals surface area contributed by atoms with E-state index in [9.17, 15) is 4.79 Å². The zero-order valence-corrected chi connectivity index (χ0v) is 12.4. The third-order valence-electron chi connectivity index (χ3n) is 4.43. The fraction of sp³-hybridized carbons (Fsp3) is 0.562. The molecule has 21 heavy (non-hydrogen) atoms. The second-order valence-corrected chi connectivity index (χ2v) is 5.74. The molecule has 1 aromatic carbocycles. The van der Waals surface area contributed by atoms with E-state index in [-0.39, 0.29) is 11.9 Å². The Balaban J connectivity index is 1.65. The van der Waals surface area contributed by atoms with Gasteiger partial charge in [-0.1, -0.05) is 18.2 Å². The third-order valence-corrected chi connectivity index (χ3v) is 4.43. The lowest BCUT2D eigenvalue weighted by Crippen LogP contribution is -2.57. The number of ether oxygens (including phenoxy) is 2. The van der Waals surface area contributed by atoms with Crippen LogP contribution in [-0.4, -0.2) is 44.4 Å². The zero-order valence-electron chi connectivity index (χ0n) is 12.4. The predicted molar refractivity (Wildman–Crippen MR) is 79.4 cm³/mol. The van der Waals surface area contributed by atoms with Crippen molar-refractivity contribution in [3.8, 4) is 5.75 Å². The summed E-state index contributed by atoms with van der Waals surface area (Å²) in [4.78, 5) is 12.6. The molecule has 1 saturated heterocycles. The van der Waals surface area contributed by atoms with Crippen LogP contribution < -0.4 is 15.4 Å². The van der Waals surface area contributed by atoms with E-state index in [1.165, 1.54) is 0 Å². The Kier molecular flexibility index (Phi) is 4.12. The number of carbonyl (C=O) groups is 1. The maximum Gasteiger partial charge on any atom is 0.252 e. The number of para-hydroxylation sites is 1. The molecule has 0 spiro atoms. The lowest BCUT2D eigenvalue weighted by atomic mass is 9.90. The molecule has 1 atom stereocenters. The lowest BCUT2D eigenvalue weighted by Gasteiger charge is -2.36. The van der Waals surface area contributed by atoms with Crippen molar-refractivity contribution in [1.82, 2.24) is 10.6 Å². The molecule has 5 heteroatoms. The van der Waals surface area contributed by atoms with Crippen molar-refractivity contribution in [1.29, 1.82) is 0 Å². The van der Waals surface area contributed by atoms with Crippen LogP contribution in [0.2, 0.25) is 0 Å². The van der Waals surface area contributed by atoms with Gasteiger partial charge >= 0.3 is 0 Å². The highest BCUT2D eigenvalue weighted by molar-refractivity contribution is 5.85. The summed E-state index contributed by atoms with van der Waals surface area (Å²) in [5.74, 6) is 0.908. The minimum absolute atomic E-state index is 0.00862. The highest BCUT2D eigenvalue weighted by atomic mass is 16.5. The van der Waals surface area contributed by atoms with Crippen molar-refractivity contribution in [2.24, 2.45) is 0 Å². The first kappa shape index (κ1) is 14.4. The van der Waals surface area contributed by atoms with Gasteiger partial charge in [-0.05, 0) is 44.0 Å². The van der Waals surface area contributed by atoms with Gasteiger partial charge in [-0.25, -0.2) is 0 Å². The fourth-order valence-corrected chi connectivity index (χ4v) is 3.09. The van der Waals surface area contributed by atoms with Crippen LogP contribution in [0.25, 0.3) is 0 Å². The van der Waals surface area contributed by atoms with Crippen LogP contribution in [0.1, 0.15) is 18.4 Å². The smallest absolute Gasteiger partial charge is 0.252 e. The van der Waals surface area contributed by atoms with Gasteiger partial charge in [-0.3, -0.25) is 4.79 Å². The normalized spacial score (nSPS) is 23.8. The third kappa shape index (κ3) is 2.89. The van der Waals surface area contributed by atoms with E-state index in [4.69, 9.17) is 9.47 Å². The van der Waals surface area contributed by atoms with Gasteiger partial charge in [-0.2, -0.15) is 0 Å². The summed E-state index contributed by atoms with van der Waals surface area (Å²) in [5, 5.41) is 6.37. The van der Waals surface area contributed by atoms with Crippen molar-refractivity contribution >= 4 is 5.91 Å². The van der Waals surface area contributed by atoms with Crippen LogP contribution in [0.4, 0.5) is 0 Å². The SMILES string of the molecule is COC1(C(=O)NC2COc3ccccc3C2)CCNCC1. The molecule has 1 amide bonds. The Hall–Kier alpha value is -1.59. The van der Waals surface area contributed by atoms with Crippen LogP contribution in [-0.2, 0) is 16.0 Å². The highest BCUT2D eigenvalue weighted by Gasteiger charge is 2.40. The number of rotatable bonds is 3. The molecule has 2 aliphatic heterocycles. The lowest BCUT2D eigenvalue weighted by molar-refractivity contribution is -0.147. The molecule has 2 aliphatic rings. The Bertz CT molecular complexity index is 512. The predicted octanol–water partition coefficient (Wildman–Crippen LogP) is 0.875. The number of methoxy groups -OCH3 is 1. The number of hydrogen-bond acceptors (Lipinski definition) is 4. The molecule has 5 nitrogen and oxygen atoms in total. The Morgan fingerprint density at radius 2 is 2.14 bits per heavy atom. The van der Waals surface area contributed by atoms with Crippen molar-refractivity contribution < 1.29 is 14.3 Å². The summed E-state index contributed by atoms with van der Waals surface area (Å²) in [6, 6.07) is 7.98. The second kappa shape index (κ2) is 6.03. The summed E-state index contributed by atoms with van der Waals surface area (Å²) in [5.41, 5.74) is 0.452. The molecule has 114 valence electrons. The second-order valence-electron chi connectivity index (χ2n) is 5.74. The molecule has 2 heterocycles. The van der Waals surface area contributed by atoms with Crippen LogP contribution in [0.15, 0.2) is 24.3 Å². The Morgan fingerprint density at radius 3 is 2.90 bits per heavy atom. The first-order valence-electron chi connectivity index (χ1n) is 7.51. The molecule has 0 saturated carbocycles. The Morgan fingerprint density at radius 1 is 1.38 bits per heavy atom. The molecule has 3 rings (SSSR count). The molecule has 0 bridgehead atoms. The molecule has 1 aromatic rings. The zero-order chi connectivity index (χ0) is 14.7. The van der Waals surface area contributed by atoms with Crippen LogP contribution in [0.3, 0.4) is 0 Å². The summed E-state index contributed by atoms with van der Waals surface area (Å²) < 4.78 is 11.3. The van der Waals surface area contributed by atoms with E-state index in [1.807, 2.05) is 24.3 Å². The monoisotopic (exact) mass is 290 g/mol. The van der Waals surface area contributed by atoms with Crippen LogP contribution in [0, 0.1) is 0 Å². The average molecular weight is 290 g/mol. The van der Waals surface area contributed by atoms with E-state index >= 15 is 0 Å². The largest absolute Gasteiger partial charge is 0.491 e. The van der Waals surface area contributed by atoms with Crippen molar-refractivity contribution in [2.45, 2.75) is 30.9 Å². The van der Waals surface area contributed by atoms with Gasteiger partial charge in [0.1, 0.15) is 18.0 Å². The van der Waals surface area contributed by atoms with E-state index in [0.29, 0.717) is 19.4 Å². The van der Waals surface area contributed by atoms with E-state index in [2.05, 4.69) is 10.6 Å². The van der Waals surface area contributed by atoms with Crippen molar-refractivity contribution in [3.05, 3.63) is 29.8 Å². The number of fused-ring (bicyclic) bond motifs is 1. The van der Waals surface area contributed by atoms with Gasteiger partial charge in [0.05, 0.1) is 6.04 Å². The van der Waals surface area contributed by atoms with Gasteiger partial charge in [-0.15, -0.1) is 0 Å². The maximum absolute atomic E-state index is 12.6. The number of amides is 1. The standard InChI is InChI=1S/C16H22N2O3/c1-20-16(6-8-17-9-7-16)15(19)18-13-10-12-4-2-3-5-14(12)21-11-13/h2-5,13,17H,6-11H2,1H3,(H,18,19). The minimum Gasteiger partial charge on any atom is -0.491 e. The summed E-state index contributed by atoms with van der Waals surface area (Å²) >= 11 is 0. The van der Waals surface area contributed by atoms with Gasteiger partial charge < -0.3 is 20.1 Å². The fourth-order valence-electron chi connectivity index (χ4n) is 3.09. The van der Waals surface area contributed by atoms with Gasteiger partial charge in [0, 0.05) is 7.11 Å². The van der Waals surface area contributed by atoms with E-state index in [0.717, 1.165) is 30.8 Å². The van der Waals surface area contributed by atoms with E-state index < -0.39 is 5.60 Å². The molecule has 0 aliphatic carbocycles. The molecular weight excluding hydrogens is 268 g/mol. The average Bonchev–Trinajstić information content (AvgIpc) is 2.55. The van der Waals surface area contributed by atoms with Crippen LogP contribution >= 0.6 is 0 Å². The first-order chi connectivity index (χ1) is 10.2. The first-order valence-corrected chi connectivity index (χ1v) is 7.51. The summed E-state index contributed by atoms with van der Waals surface area (Å²) in [7, 11) is 1.62. The van der Waals surface area contributed by atoms with Gasteiger partial charge in [0.25, 0.3) is 5.91 Å². The topological polar surface area (TPSA) is 59.6 Å². The van der Waals surface area contributed by atoms with Gasteiger partial charge in [0.15, 0.2) is 0 Å². The molecule has 1 unspecified atom stereocenters. The summed E-state index contributed by atoms with van der Waals surface area (Å²) in [6.45, 7) is 2.14. The van der Waals surface area contributed by atoms with Crippen molar-refractivity contribution in [2.75, 3.05) is 26.8 Å². The highest BCUT2D eigenvalue weighted by Crippen LogP contribution is 2.26. The molecule has 1 fully saturated rings. The van der Waals surface area contributed by atoms with Gasteiger partial charge in [0.2, 0.25) is 0 Å². The number of benzene rings is 1. The Labute approximate surface area is 125 Å². The summed E-state index contributed by atoms with van der Waals surface area (Å²) in [6.07, 6.45) is 2.22. The molecule has 2 N–H and O–H groups in total. The number of hydrogen-bond donors (Lipinski definition) is 2. The van der Waals surface area contributed by atoms with E-state index in [1.54, 1.807) is 7.11 Å². The molecular formula is C16H22N2O3. The minimum atomic E-state index is -0.692.